The van der Waals surface area contributed by atoms with Gasteiger partial charge in [0.1, 0.15) is 17.3 Å². The number of hydrogen-bond acceptors (Lipinski definition) is 8. The number of nitrogens with zero attached hydrogens (tertiary/aromatic N) is 2. The lowest BCUT2D eigenvalue weighted by Crippen LogP contribution is -2.36. The van der Waals surface area contributed by atoms with Gasteiger partial charge in [-0.3, -0.25) is 19.5 Å². The maximum atomic E-state index is 13.4. The van der Waals surface area contributed by atoms with Gasteiger partial charge in [-0.15, -0.1) is 11.3 Å². The quantitative estimate of drug-likeness (QED) is 0.411. The van der Waals surface area contributed by atoms with Crippen LogP contribution in [0.1, 0.15) is 38.3 Å². The molecule has 5 rings (SSSR count). The van der Waals surface area contributed by atoms with Crippen LogP contribution in [-0.4, -0.2) is 58.9 Å². The maximum Gasteiger partial charge on any atom is 0.249 e. The van der Waals surface area contributed by atoms with Gasteiger partial charge in [-0.1, -0.05) is 0 Å². The first-order valence-electron chi connectivity index (χ1n) is 12.0. The summed E-state index contributed by atoms with van der Waals surface area (Å²) in [5.74, 6) is 1.81. The smallest absolute Gasteiger partial charge is 0.249 e. The zero-order valence-corrected chi connectivity index (χ0v) is 22.1. The first-order chi connectivity index (χ1) is 18.0. The van der Waals surface area contributed by atoms with Crippen molar-refractivity contribution in [3.63, 3.8) is 0 Å². The normalized spacial score (nSPS) is 14.4. The van der Waals surface area contributed by atoms with Crippen LogP contribution in [0.25, 0.3) is 0 Å². The molecular formula is C28H28N2O6S. The number of methoxy groups -OCH3 is 4. The number of anilines is 1. The second kappa shape index (κ2) is 10.3. The number of fused-ring (bicyclic) bond motifs is 3. The van der Waals surface area contributed by atoms with Gasteiger partial charge < -0.3 is 18.9 Å². The second-order valence-electron chi connectivity index (χ2n) is 8.75. The fourth-order valence-electron chi connectivity index (χ4n) is 4.87. The van der Waals surface area contributed by atoms with Gasteiger partial charge in [0.2, 0.25) is 11.7 Å². The lowest BCUT2D eigenvalue weighted by molar-refractivity contribution is -0.117. The first-order valence-corrected chi connectivity index (χ1v) is 12.8. The zero-order valence-electron chi connectivity index (χ0n) is 21.3. The Hall–Kier alpha value is -3.85. The second-order valence-corrected chi connectivity index (χ2v) is 9.83. The molecule has 0 N–H and O–H groups in total. The predicted molar refractivity (Wildman–Crippen MR) is 143 cm³/mol. The van der Waals surface area contributed by atoms with Crippen molar-refractivity contribution in [2.75, 3.05) is 46.4 Å². The highest BCUT2D eigenvalue weighted by Crippen LogP contribution is 2.45. The van der Waals surface area contributed by atoms with Crippen molar-refractivity contribution in [3.8, 4) is 23.0 Å². The zero-order chi connectivity index (χ0) is 26.1. The van der Waals surface area contributed by atoms with Crippen molar-refractivity contribution in [1.82, 2.24) is 0 Å². The van der Waals surface area contributed by atoms with Gasteiger partial charge in [0.25, 0.3) is 0 Å². The van der Waals surface area contributed by atoms with Crippen LogP contribution in [0.4, 0.5) is 5.00 Å². The summed E-state index contributed by atoms with van der Waals surface area (Å²) in [5.41, 5.74) is 4.10. The Balaban J connectivity index is 1.59. The molecule has 1 amide bonds. The summed E-state index contributed by atoms with van der Waals surface area (Å²) < 4.78 is 21.8. The van der Waals surface area contributed by atoms with E-state index in [4.69, 9.17) is 23.9 Å². The standard InChI is InChI=1S/C28H28N2O6S/c1-33-18-10-8-16(9-11-18)20(31)15-30-24(32)14-29-26(25-19-6-5-7-23(19)37-28(25)30)17-12-21(34-2)27(36-4)22(13-17)35-3/h8-13H,5-7,14-15H2,1-4H3. The van der Waals surface area contributed by atoms with E-state index >= 15 is 0 Å². The molecule has 1 aromatic heterocycles. The molecule has 8 nitrogen and oxygen atoms in total. The number of carbonyl (C=O) groups excluding carboxylic acids is 2. The van der Waals surface area contributed by atoms with Gasteiger partial charge in [-0.05, 0) is 61.2 Å². The van der Waals surface area contributed by atoms with Gasteiger partial charge in [0.15, 0.2) is 17.3 Å². The highest BCUT2D eigenvalue weighted by Gasteiger charge is 2.34. The van der Waals surface area contributed by atoms with Gasteiger partial charge in [-0.2, -0.15) is 0 Å². The average Bonchev–Trinajstić information content (AvgIpc) is 3.49. The Morgan fingerprint density at radius 1 is 0.973 bits per heavy atom. The third-order valence-electron chi connectivity index (χ3n) is 6.71. The molecule has 0 atom stereocenters. The largest absolute Gasteiger partial charge is 0.497 e. The summed E-state index contributed by atoms with van der Waals surface area (Å²) in [6.45, 7) is -0.131. The molecule has 0 saturated carbocycles. The molecule has 0 bridgehead atoms. The van der Waals surface area contributed by atoms with Crippen molar-refractivity contribution in [1.29, 1.82) is 0 Å². The fourth-order valence-corrected chi connectivity index (χ4v) is 6.28. The summed E-state index contributed by atoms with van der Waals surface area (Å²) in [6.07, 6.45) is 2.90. The molecule has 0 unspecified atom stereocenters. The Morgan fingerprint density at radius 3 is 2.30 bits per heavy atom. The van der Waals surface area contributed by atoms with Crippen LogP contribution >= 0.6 is 11.3 Å². The number of amides is 1. The number of ketones is 1. The topological polar surface area (TPSA) is 86.7 Å². The molecule has 1 aliphatic carbocycles. The number of ether oxygens (including phenoxy) is 4. The molecule has 2 heterocycles. The number of hydrogen-bond donors (Lipinski definition) is 0. The third kappa shape index (κ3) is 4.44. The van der Waals surface area contributed by atoms with Crippen molar-refractivity contribution in [2.24, 2.45) is 4.99 Å². The van der Waals surface area contributed by atoms with E-state index in [1.54, 1.807) is 68.9 Å². The van der Waals surface area contributed by atoms with Crippen LogP contribution in [0.5, 0.6) is 23.0 Å². The Morgan fingerprint density at radius 2 is 1.68 bits per heavy atom. The molecule has 37 heavy (non-hydrogen) atoms. The van der Waals surface area contributed by atoms with E-state index in [9.17, 15) is 9.59 Å². The monoisotopic (exact) mass is 520 g/mol. The summed E-state index contributed by atoms with van der Waals surface area (Å²) >= 11 is 1.58. The van der Waals surface area contributed by atoms with Crippen molar-refractivity contribution in [3.05, 3.63) is 63.5 Å². The molecule has 3 aromatic rings. The molecule has 192 valence electrons. The van der Waals surface area contributed by atoms with Crippen molar-refractivity contribution >= 4 is 33.7 Å². The van der Waals surface area contributed by atoms with E-state index in [1.807, 2.05) is 12.1 Å². The van der Waals surface area contributed by atoms with Crippen molar-refractivity contribution < 1.29 is 28.5 Å². The lowest BCUT2D eigenvalue weighted by Gasteiger charge is -2.20. The number of benzene rings is 2. The van der Waals surface area contributed by atoms with E-state index in [0.29, 0.717) is 34.3 Å². The molecule has 0 fully saturated rings. The number of aliphatic imine (C=N–C) groups is 1. The summed E-state index contributed by atoms with van der Waals surface area (Å²) in [4.78, 5) is 34.2. The van der Waals surface area contributed by atoms with Gasteiger partial charge >= 0.3 is 0 Å². The minimum atomic E-state index is -0.217. The SMILES string of the molecule is COc1ccc(C(=O)CN2C(=O)CN=C(c3cc(OC)c(OC)c(OC)c3)c3c2sc2c3CCC2)cc1. The summed E-state index contributed by atoms with van der Waals surface area (Å²) in [7, 11) is 6.28. The van der Waals surface area contributed by atoms with Crippen molar-refractivity contribution in [2.45, 2.75) is 19.3 Å². The summed E-state index contributed by atoms with van der Waals surface area (Å²) in [5, 5.41) is 0.765. The highest BCUT2D eigenvalue weighted by molar-refractivity contribution is 7.17. The van der Waals surface area contributed by atoms with Crippen LogP contribution in [0.3, 0.4) is 0 Å². The van der Waals surface area contributed by atoms with Gasteiger partial charge in [0, 0.05) is 21.6 Å². The van der Waals surface area contributed by atoms with E-state index in [1.165, 1.54) is 10.4 Å². The minimum absolute atomic E-state index is 0.0599. The molecule has 1 aliphatic heterocycles. The number of rotatable bonds is 8. The molecular weight excluding hydrogens is 492 g/mol. The minimum Gasteiger partial charge on any atom is -0.497 e. The summed E-state index contributed by atoms with van der Waals surface area (Å²) in [6, 6.07) is 10.6. The predicted octanol–water partition coefficient (Wildman–Crippen LogP) is 4.34. The van der Waals surface area contributed by atoms with E-state index in [-0.39, 0.29) is 24.8 Å². The molecule has 9 heteroatoms. The first kappa shape index (κ1) is 24.8. The Kier molecular flexibility index (Phi) is 6.88. The van der Waals surface area contributed by atoms with Gasteiger partial charge in [0.05, 0.1) is 40.7 Å². The maximum absolute atomic E-state index is 13.4. The molecule has 2 aromatic carbocycles. The van der Waals surface area contributed by atoms with Crippen LogP contribution < -0.4 is 23.8 Å². The molecule has 0 saturated heterocycles. The molecule has 2 aliphatic rings. The number of aryl methyl sites for hydroxylation is 1. The third-order valence-corrected chi connectivity index (χ3v) is 8.02. The van der Waals surface area contributed by atoms with Crippen LogP contribution in [-0.2, 0) is 17.6 Å². The Labute approximate surface area is 219 Å². The van der Waals surface area contributed by atoms with Crippen LogP contribution in [0.2, 0.25) is 0 Å². The highest BCUT2D eigenvalue weighted by atomic mass is 32.1. The average molecular weight is 521 g/mol. The van der Waals surface area contributed by atoms with E-state index in [0.717, 1.165) is 35.4 Å². The van der Waals surface area contributed by atoms with Gasteiger partial charge in [-0.25, -0.2) is 0 Å². The number of thiophene rings is 1. The lowest BCUT2D eigenvalue weighted by atomic mass is 9.98. The van der Waals surface area contributed by atoms with E-state index in [2.05, 4.69) is 0 Å². The fraction of sp³-hybridized carbons (Fsp3) is 0.321. The van der Waals surface area contributed by atoms with Crippen LogP contribution in [0, 0.1) is 0 Å². The van der Waals surface area contributed by atoms with Crippen LogP contribution in [0.15, 0.2) is 41.4 Å². The number of Topliss-reactive ketones (excluding diaryl/α,β-unsaturated/α-hetero) is 1. The molecule has 0 radical (unpaired) electrons. The Bertz CT molecular complexity index is 1370. The number of carbonyl (C=O) groups is 2. The molecule has 0 spiro atoms. The van der Waals surface area contributed by atoms with E-state index < -0.39 is 0 Å².